The molecule has 1 amide bonds. The second-order valence-electron chi connectivity index (χ2n) is 2.65. The Labute approximate surface area is 74.8 Å². The van der Waals surface area contributed by atoms with Crippen LogP contribution in [0.15, 0.2) is 0 Å². The van der Waals surface area contributed by atoms with E-state index in [0.29, 0.717) is 13.0 Å². The summed E-state index contributed by atoms with van der Waals surface area (Å²) in [5.41, 5.74) is 2.01. The fraction of sp³-hybridized carbons (Fsp3) is 0.714. The van der Waals surface area contributed by atoms with E-state index in [1.807, 2.05) is 5.48 Å². The average Bonchev–Trinajstić information content (AvgIpc) is 2.55. The van der Waals surface area contributed by atoms with Gasteiger partial charge >= 0.3 is 5.97 Å². The molecular weight excluding hydrogens is 178 g/mol. The molecule has 0 aromatic carbocycles. The Morgan fingerprint density at radius 2 is 2.38 bits per heavy atom. The van der Waals surface area contributed by atoms with E-state index in [1.165, 1.54) is 0 Å². The number of rotatable bonds is 4. The van der Waals surface area contributed by atoms with Crippen molar-refractivity contribution in [2.45, 2.75) is 18.9 Å². The van der Waals surface area contributed by atoms with Gasteiger partial charge in [-0.2, -0.15) is 0 Å². The van der Waals surface area contributed by atoms with Crippen LogP contribution in [-0.4, -0.2) is 36.3 Å². The number of nitrogens with one attached hydrogen (secondary N) is 1. The van der Waals surface area contributed by atoms with Crippen molar-refractivity contribution in [2.75, 3.05) is 13.2 Å². The zero-order valence-corrected chi connectivity index (χ0v) is 6.99. The van der Waals surface area contributed by atoms with Crippen LogP contribution < -0.4 is 5.48 Å². The number of ether oxygens (including phenoxy) is 1. The molecule has 0 radical (unpaired) electrons. The normalized spacial score (nSPS) is 21.4. The Balaban J connectivity index is 2.13. The Morgan fingerprint density at radius 3 is 2.92 bits per heavy atom. The molecule has 0 spiro atoms. The van der Waals surface area contributed by atoms with Crippen molar-refractivity contribution in [1.82, 2.24) is 5.48 Å². The molecule has 1 atom stereocenters. The van der Waals surface area contributed by atoms with Crippen molar-refractivity contribution in [3.63, 3.8) is 0 Å². The summed E-state index contributed by atoms with van der Waals surface area (Å²) >= 11 is 0. The standard InChI is InChI=1S/C7H11NO5/c9-6(10)4-13-8-7(11)5-2-1-3-12-5/h5H,1-4H2,(H,8,11)(H,9,10). The van der Waals surface area contributed by atoms with E-state index >= 15 is 0 Å². The molecule has 0 aromatic rings. The van der Waals surface area contributed by atoms with Crippen molar-refractivity contribution >= 4 is 11.9 Å². The van der Waals surface area contributed by atoms with E-state index in [-0.39, 0.29) is 0 Å². The van der Waals surface area contributed by atoms with Crippen LogP contribution in [0.25, 0.3) is 0 Å². The Kier molecular flexibility index (Phi) is 3.66. The van der Waals surface area contributed by atoms with Gasteiger partial charge in [0.15, 0.2) is 6.61 Å². The molecule has 6 nitrogen and oxygen atoms in total. The van der Waals surface area contributed by atoms with Gasteiger partial charge in [-0.25, -0.2) is 10.3 Å². The zero-order valence-electron chi connectivity index (χ0n) is 6.99. The first kappa shape index (κ1) is 9.94. The van der Waals surface area contributed by atoms with Crippen LogP contribution in [0.4, 0.5) is 0 Å². The predicted molar refractivity (Wildman–Crippen MR) is 40.7 cm³/mol. The molecule has 0 saturated carbocycles. The number of hydrogen-bond donors (Lipinski definition) is 2. The van der Waals surface area contributed by atoms with Crippen LogP contribution in [0, 0.1) is 0 Å². The number of hydrogen-bond acceptors (Lipinski definition) is 4. The van der Waals surface area contributed by atoms with Gasteiger partial charge in [0, 0.05) is 6.61 Å². The van der Waals surface area contributed by atoms with E-state index in [9.17, 15) is 9.59 Å². The number of hydroxylamine groups is 1. The summed E-state index contributed by atoms with van der Waals surface area (Å²) < 4.78 is 5.03. The number of carboxylic acid groups (broad SMARTS) is 1. The van der Waals surface area contributed by atoms with Gasteiger partial charge in [-0.1, -0.05) is 0 Å². The van der Waals surface area contributed by atoms with Crippen LogP contribution in [0.1, 0.15) is 12.8 Å². The average molecular weight is 189 g/mol. The lowest BCUT2D eigenvalue weighted by molar-refractivity contribution is -0.152. The predicted octanol–water partition coefficient (Wildman–Crippen LogP) is -0.702. The third-order valence-electron chi connectivity index (χ3n) is 1.59. The molecule has 1 heterocycles. The van der Waals surface area contributed by atoms with Crippen molar-refractivity contribution < 1.29 is 24.3 Å². The fourth-order valence-corrected chi connectivity index (χ4v) is 1.02. The minimum atomic E-state index is -1.13. The van der Waals surface area contributed by atoms with Crippen molar-refractivity contribution in [1.29, 1.82) is 0 Å². The molecule has 0 aliphatic carbocycles. The van der Waals surface area contributed by atoms with Gasteiger partial charge in [0.05, 0.1) is 0 Å². The van der Waals surface area contributed by atoms with Gasteiger partial charge in [0.1, 0.15) is 6.10 Å². The van der Waals surface area contributed by atoms with Gasteiger partial charge in [-0.15, -0.1) is 0 Å². The van der Waals surface area contributed by atoms with Gasteiger partial charge in [-0.3, -0.25) is 9.63 Å². The lowest BCUT2D eigenvalue weighted by Gasteiger charge is -2.08. The molecule has 1 saturated heterocycles. The fourth-order valence-electron chi connectivity index (χ4n) is 1.02. The summed E-state index contributed by atoms with van der Waals surface area (Å²) in [6.07, 6.45) is 1.01. The highest BCUT2D eigenvalue weighted by molar-refractivity contribution is 5.80. The lowest BCUT2D eigenvalue weighted by Crippen LogP contribution is -2.35. The van der Waals surface area contributed by atoms with Crippen LogP contribution in [0.5, 0.6) is 0 Å². The molecule has 1 aliphatic heterocycles. The number of aliphatic carboxylic acids is 1. The molecule has 1 aliphatic rings. The molecule has 1 unspecified atom stereocenters. The molecule has 0 bridgehead atoms. The first-order valence-electron chi connectivity index (χ1n) is 3.95. The van der Waals surface area contributed by atoms with Gasteiger partial charge < -0.3 is 9.84 Å². The topological polar surface area (TPSA) is 84.9 Å². The van der Waals surface area contributed by atoms with E-state index in [2.05, 4.69) is 4.84 Å². The first-order chi connectivity index (χ1) is 6.20. The zero-order chi connectivity index (χ0) is 9.68. The summed E-state index contributed by atoms with van der Waals surface area (Å²) in [5.74, 6) is -1.55. The maximum Gasteiger partial charge on any atom is 0.332 e. The second kappa shape index (κ2) is 4.78. The third-order valence-corrected chi connectivity index (χ3v) is 1.59. The quantitative estimate of drug-likeness (QED) is 0.571. The SMILES string of the molecule is O=C(O)CONC(=O)C1CCCO1. The highest BCUT2D eigenvalue weighted by Crippen LogP contribution is 2.11. The maximum atomic E-state index is 11.1. The molecule has 0 aromatic heterocycles. The highest BCUT2D eigenvalue weighted by atomic mass is 16.7. The molecule has 2 N–H and O–H groups in total. The number of carbonyl (C=O) groups excluding carboxylic acids is 1. The Bertz CT molecular complexity index is 199. The largest absolute Gasteiger partial charge is 0.479 e. The highest BCUT2D eigenvalue weighted by Gasteiger charge is 2.23. The molecular formula is C7H11NO5. The summed E-state index contributed by atoms with van der Waals surface area (Å²) in [4.78, 5) is 25.5. The van der Waals surface area contributed by atoms with Crippen molar-refractivity contribution in [3.05, 3.63) is 0 Å². The van der Waals surface area contributed by atoms with Gasteiger partial charge in [0.25, 0.3) is 5.91 Å². The van der Waals surface area contributed by atoms with Crippen molar-refractivity contribution in [2.24, 2.45) is 0 Å². The van der Waals surface area contributed by atoms with Gasteiger partial charge in [-0.05, 0) is 12.8 Å². The van der Waals surface area contributed by atoms with E-state index in [4.69, 9.17) is 9.84 Å². The number of carbonyl (C=O) groups is 2. The summed E-state index contributed by atoms with van der Waals surface area (Å²) in [5, 5.41) is 8.18. The van der Waals surface area contributed by atoms with Crippen molar-refractivity contribution in [3.8, 4) is 0 Å². The number of amides is 1. The smallest absolute Gasteiger partial charge is 0.332 e. The monoisotopic (exact) mass is 189 g/mol. The number of carboxylic acids is 1. The van der Waals surface area contributed by atoms with E-state index < -0.39 is 24.6 Å². The lowest BCUT2D eigenvalue weighted by atomic mass is 10.2. The first-order valence-corrected chi connectivity index (χ1v) is 3.95. The molecule has 1 fully saturated rings. The summed E-state index contributed by atoms with van der Waals surface area (Å²) in [7, 11) is 0. The Hall–Kier alpha value is -1.14. The molecule has 13 heavy (non-hydrogen) atoms. The van der Waals surface area contributed by atoms with Crippen LogP contribution in [-0.2, 0) is 19.2 Å². The van der Waals surface area contributed by atoms with Crippen LogP contribution >= 0.6 is 0 Å². The van der Waals surface area contributed by atoms with E-state index in [1.54, 1.807) is 0 Å². The molecule has 74 valence electrons. The second-order valence-corrected chi connectivity index (χ2v) is 2.65. The summed E-state index contributed by atoms with van der Waals surface area (Å²) in [6, 6.07) is 0. The third kappa shape index (κ3) is 3.39. The molecule has 6 heteroatoms. The van der Waals surface area contributed by atoms with Crippen LogP contribution in [0.2, 0.25) is 0 Å². The van der Waals surface area contributed by atoms with Crippen LogP contribution in [0.3, 0.4) is 0 Å². The minimum absolute atomic E-state index is 0.418. The van der Waals surface area contributed by atoms with Gasteiger partial charge in [0.2, 0.25) is 0 Å². The minimum Gasteiger partial charge on any atom is -0.479 e. The summed E-state index contributed by atoms with van der Waals surface area (Å²) in [6.45, 7) is 0.0233. The Morgan fingerprint density at radius 1 is 1.62 bits per heavy atom. The molecule has 1 rings (SSSR count). The van der Waals surface area contributed by atoms with E-state index in [0.717, 1.165) is 6.42 Å². The maximum absolute atomic E-state index is 11.1.